The molecule has 0 fully saturated rings. The predicted octanol–water partition coefficient (Wildman–Crippen LogP) is 0.247. The summed E-state index contributed by atoms with van der Waals surface area (Å²) in [5.41, 5.74) is 0. The van der Waals surface area contributed by atoms with Gasteiger partial charge in [0.15, 0.2) is 6.04 Å². The van der Waals surface area contributed by atoms with E-state index in [9.17, 15) is 13.2 Å². The Morgan fingerprint density at radius 1 is 1.42 bits per heavy atom. The van der Waals surface area contributed by atoms with Gasteiger partial charge in [0.2, 0.25) is 0 Å². The van der Waals surface area contributed by atoms with Gasteiger partial charge in [-0.05, 0) is 5.92 Å². The number of carbonyl (C=O) groups excluding carboxylic acids is 1. The molecule has 0 bridgehead atoms. The number of rotatable bonds is 3. The molecule has 5 nitrogen and oxygen atoms in total. The lowest BCUT2D eigenvalue weighted by Gasteiger charge is -2.10. The summed E-state index contributed by atoms with van der Waals surface area (Å²) >= 11 is 0. The quantitative estimate of drug-likeness (QED) is 0.602. The molecule has 0 spiro atoms. The van der Waals surface area contributed by atoms with E-state index in [0.717, 1.165) is 0 Å². The van der Waals surface area contributed by atoms with Crippen LogP contribution in [-0.2, 0) is 20.0 Å². The van der Waals surface area contributed by atoms with Gasteiger partial charge in [-0.1, -0.05) is 13.8 Å². The van der Waals surface area contributed by atoms with Crippen molar-refractivity contribution >= 4 is 16.5 Å². The van der Waals surface area contributed by atoms with Gasteiger partial charge in [0, 0.05) is 0 Å². The molecule has 0 saturated carbocycles. The molecular formula is C6H11NO4S. The number of hydrogen-bond donors (Lipinski definition) is 0. The summed E-state index contributed by atoms with van der Waals surface area (Å²) in [5, 5.41) is 0. The minimum absolute atomic E-state index is 0.185. The maximum atomic E-state index is 10.9. The second kappa shape index (κ2) is 4.87. The van der Waals surface area contributed by atoms with Crippen molar-refractivity contribution in [3.8, 4) is 0 Å². The van der Waals surface area contributed by atoms with Crippen LogP contribution >= 0.6 is 0 Å². The highest BCUT2D eigenvalue weighted by Gasteiger charge is 2.22. The van der Waals surface area contributed by atoms with E-state index in [1.54, 1.807) is 13.8 Å². The van der Waals surface area contributed by atoms with E-state index in [1.165, 1.54) is 7.11 Å². The van der Waals surface area contributed by atoms with E-state index >= 15 is 0 Å². The maximum Gasteiger partial charge on any atom is 0.332 e. The van der Waals surface area contributed by atoms with Crippen molar-refractivity contribution < 1.29 is 17.9 Å². The Kier molecular flexibility index (Phi) is 4.50. The van der Waals surface area contributed by atoms with Gasteiger partial charge in [-0.3, -0.25) is 0 Å². The average molecular weight is 193 g/mol. The predicted molar refractivity (Wildman–Crippen MR) is 42.0 cm³/mol. The molecule has 6 heteroatoms. The number of hydrogen-bond acceptors (Lipinski definition) is 5. The molecule has 0 unspecified atom stereocenters. The summed E-state index contributed by atoms with van der Waals surface area (Å²) in [4.78, 5) is 10.9. The molecule has 0 aromatic carbocycles. The number of esters is 1. The van der Waals surface area contributed by atoms with E-state index in [1.807, 2.05) is 0 Å². The Morgan fingerprint density at radius 2 is 1.92 bits per heavy atom. The first-order valence-electron chi connectivity index (χ1n) is 3.37. The Morgan fingerprint density at radius 3 is 2.17 bits per heavy atom. The molecule has 0 aromatic heterocycles. The van der Waals surface area contributed by atoms with Crippen molar-refractivity contribution in [3.05, 3.63) is 0 Å². The van der Waals surface area contributed by atoms with Gasteiger partial charge in [0.25, 0.3) is 0 Å². The molecule has 12 heavy (non-hydrogen) atoms. The highest BCUT2D eigenvalue weighted by molar-refractivity contribution is 7.61. The van der Waals surface area contributed by atoms with Crippen molar-refractivity contribution in [2.75, 3.05) is 7.11 Å². The summed E-state index contributed by atoms with van der Waals surface area (Å²) in [7, 11) is -1.37. The van der Waals surface area contributed by atoms with Crippen LogP contribution < -0.4 is 0 Å². The normalized spacial score (nSPS) is 12.3. The van der Waals surface area contributed by atoms with E-state index in [0.29, 0.717) is 0 Å². The van der Waals surface area contributed by atoms with Crippen molar-refractivity contribution in [1.29, 1.82) is 0 Å². The summed E-state index contributed by atoms with van der Waals surface area (Å²) < 4.78 is 27.9. The first-order valence-corrected chi connectivity index (χ1v) is 4.40. The molecule has 70 valence electrons. The first kappa shape index (κ1) is 11.1. The molecule has 0 aromatic rings. The number of methoxy groups -OCH3 is 1. The van der Waals surface area contributed by atoms with E-state index in [2.05, 4.69) is 9.10 Å². The van der Waals surface area contributed by atoms with Gasteiger partial charge in [-0.25, -0.2) is 4.79 Å². The molecule has 0 rings (SSSR count). The van der Waals surface area contributed by atoms with Crippen LogP contribution in [0, 0.1) is 5.92 Å². The Balaban J connectivity index is 4.68. The van der Waals surface area contributed by atoms with Crippen LogP contribution in [0.5, 0.6) is 0 Å². The number of nitrogens with zero attached hydrogens (tertiary/aromatic N) is 1. The van der Waals surface area contributed by atoms with Gasteiger partial charge < -0.3 is 4.74 Å². The fraction of sp³-hybridized carbons (Fsp3) is 0.833. The van der Waals surface area contributed by atoms with Crippen LogP contribution in [0.4, 0.5) is 0 Å². The lowest BCUT2D eigenvalue weighted by Crippen LogP contribution is -2.25. The summed E-state index contributed by atoms with van der Waals surface area (Å²) in [6, 6.07) is -0.923. The highest BCUT2D eigenvalue weighted by Crippen LogP contribution is 2.07. The second-order valence-corrected chi connectivity index (χ2v) is 3.18. The van der Waals surface area contributed by atoms with Crippen molar-refractivity contribution in [3.63, 3.8) is 0 Å². The Labute approximate surface area is 72.4 Å². The highest BCUT2D eigenvalue weighted by atomic mass is 32.2. The van der Waals surface area contributed by atoms with Gasteiger partial charge in [0.05, 0.1) is 7.11 Å². The SMILES string of the molecule is COC(=O)[C@H](N=S(=O)=O)C(C)C. The minimum atomic E-state index is -2.56. The van der Waals surface area contributed by atoms with Crippen molar-refractivity contribution in [2.45, 2.75) is 19.9 Å². The number of ether oxygens (including phenoxy) is 1. The molecule has 0 aliphatic rings. The summed E-state index contributed by atoms with van der Waals surface area (Å²) in [6.07, 6.45) is 0. The third-order valence-electron chi connectivity index (χ3n) is 1.27. The van der Waals surface area contributed by atoms with Gasteiger partial charge in [0.1, 0.15) is 0 Å². The lowest BCUT2D eigenvalue weighted by molar-refractivity contribution is -0.143. The smallest absolute Gasteiger partial charge is 0.332 e. The van der Waals surface area contributed by atoms with Crippen LogP contribution in [0.1, 0.15) is 13.8 Å². The van der Waals surface area contributed by atoms with Crippen LogP contribution in [0.2, 0.25) is 0 Å². The molecule has 0 aliphatic carbocycles. The topological polar surface area (TPSA) is 72.8 Å². The monoisotopic (exact) mass is 193 g/mol. The zero-order chi connectivity index (χ0) is 9.72. The number of carbonyl (C=O) groups is 1. The molecule has 1 atom stereocenters. The zero-order valence-electron chi connectivity index (χ0n) is 7.14. The van der Waals surface area contributed by atoms with Crippen LogP contribution in [0.3, 0.4) is 0 Å². The third kappa shape index (κ3) is 3.47. The lowest BCUT2D eigenvalue weighted by atomic mass is 10.1. The van der Waals surface area contributed by atoms with Crippen molar-refractivity contribution in [2.24, 2.45) is 10.3 Å². The minimum Gasteiger partial charge on any atom is -0.467 e. The standard InChI is InChI=1S/C6H11NO4S/c1-4(2)5(6(8)11-3)7-12(9)10/h4-5H,1-3H3/t5-/m1/s1. The Bertz CT molecular complexity index is 272. The fourth-order valence-electron chi connectivity index (χ4n) is 0.650. The van der Waals surface area contributed by atoms with Crippen LogP contribution in [0.15, 0.2) is 4.36 Å². The molecule has 0 radical (unpaired) electrons. The molecule has 0 heterocycles. The van der Waals surface area contributed by atoms with E-state index in [-0.39, 0.29) is 5.92 Å². The molecule has 0 amide bonds. The van der Waals surface area contributed by atoms with Gasteiger partial charge in [-0.15, -0.1) is 0 Å². The van der Waals surface area contributed by atoms with E-state index in [4.69, 9.17) is 0 Å². The largest absolute Gasteiger partial charge is 0.467 e. The summed E-state index contributed by atoms with van der Waals surface area (Å²) in [6.45, 7) is 3.38. The van der Waals surface area contributed by atoms with Crippen molar-refractivity contribution in [1.82, 2.24) is 0 Å². The zero-order valence-corrected chi connectivity index (χ0v) is 7.96. The third-order valence-corrected chi connectivity index (χ3v) is 1.67. The second-order valence-electron chi connectivity index (χ2n) is 2.53. The molecular weight excluding hydrogens is 182 g/mol. The average Bonchev–Trinajstić information content (AvgIpc) is 1.98. The molecule has 0 saturated heterocycles. The van der Waals surface area contributed by atoms with E-state index < -0.39 is 22.5 Å². The van der Waals surface area contributed by atoms with Crippen LogP contribution in [-0.4, -0.2) is 27.5 Å². The summed E-state index contributed by atoms with van der Waals surface area (Å²) in [5.74, 6) is -0.815. The Hall–Kier alpha value is -0.910. The first-order chi connectivity index (χ1) is 5.49. The molecule has 0 aliphatic heterocycles. The maximum absolute atomic E-state index is 10.9. The van der Waals surface area contributed by atoms with Gasteiger partial charge >= 0.3 is 16.5 Å². The molecule has 0 N–H and O–H groups in total. The van der Waals surface area contributed by atoms with Crippen LogP contribution in [0.25, 0.3) is 0 Å². The van der Waals surface area contributed by atoms with Gasteiger partial charge in [-0.2, -0.15) is 12.8 Å². The fourth-order valence-corrected chi connectivity index (χ4v) is 1.17.